The molecule has 1 N–H and O–H groups in total. The van der Waals surface area contributed by atoms with Crippen LogP contribution >= 0.6 is 0 Å². The van der Waals surface area contributed by atoms with Crippen molar-refractivity contribution in [2.45, 2.75) is 65.8 Å². The lowest BCUT2D eigenvalue weighted by Crippen LogP contribution is -2.35. The monoisotopic (exact) mass is 242 g/mol. The second kappa shape index (κ2) is 10.6. The molecule has 0 rings (SSSR count). The first-order valence-corrected chi connectivity index (χ1v) is 7.20. The second-order valence-electron chi connectivity index (χ2n) is 4.52. The molecule has 0 aliphatic rings. The standard InChI is InChI=1S/C14H30N2O/c1-5-9-10-13(6-2)15-12-11-14(17)16(7-3)8-4/h13,15H,5-12H2,1-4H3. The Hall–Kier alpha value is -0.570. The van der Waals surface area contributed by atoms with E-state index in [1.165, 1.54) is 19.3 Å². The van der Waals surface area contributed by atoms with Crippen molar-refractivity contribution in [3.05, 3.63) is 0 Å². The zero-order chi connectivity index (χ0) is 13.1. The van der Waals surface area contributed by atoms with Crippen LogP contribution in [0.4, 0.5) is 0 Å². The summed E-state index contributed by atoms with van der Waals surface area (Å²) in [7, 11) is 0. The van der Waals surface area contributed by atoms with Crippen LogP contribution in [0.5, 0.6) is 0 Å². The number of hydrogen-bond acceptors (Lipinski definition) is 2. The molecule has 17 heavy (non-hydrogen) atoms. The molecule has 0 bridgehead atoms. The molecule has 0 aliphatic heterocycles. The molecule has 0 radical (unpaired) electrons. The fourth-order valence-corrected chi connectivity index (χ4v) is 2.02. The molecule has 1 amide bonds. The van der Waals surface area contributed by atoms with Crippen LogP contribution < -0.4 is 5.32 Å². The molecule has 0 fully saturated rings. The Morgan fingerprint density at radius 1 is 1.18 bits per heavy atom. The number of unbranched alkanes of at least 4 members (excludes halogenated alkanes) is 1. The topological polar surface area (TPSA) is 32.3 Å². The van der Waals surface area contributed by atoms with Gasteiger partial charge in [0.1, 0.15) is 0 Å². The minimum absolute atomic E-state index is 0.271. The van der Waals surface area contributed by atoms with Crippen LogP contribution in [0.25, 0.3) is 0 Å². The summed E-state index contributed by atoms with van der Waals surface area (Å²) in [5, 5.41) is 3.49. The number of nitrogens with one attached hydrogen (secondary N) is 1. The van der Waals surface area contributed by atoms with Gasteiger partial charge in [-0.15, -0.1) is 0 Å². The first-order chi connectivity index (χ1) is 8.19. The fraction of sp³-hybridized carbons (Fsp3) is 0.929. The van der Waals surface area contributed by atoms with Crippen LogP contribution in [-0.4, -0.2) is 36.5 Å². The summed E-state index contributed by atoms with van der Waals surface area (Å²) in [6.07, 6.45) is 5.53. The van der Waals surface area contributed by atoms with Crippen molar-refractivity contribution in [1.82, 2.24) is 10.2 Å². The molecule has 0 heterocycles. The average molecular weight is 242 g/mol. The van der Waals surface area contributed by atoms with Crippen molar-refractivity contribution in [2.75, 3.05) is 19.6 Å². The molecule has 0 aromatic heterocycles. The Balaban J connectivity index is 3.76. The Kier molecular flexibility index (Phi) is 10.2. The third-order valence-corrected chi connectivity index (χ3v) is 3.29. The van der Waals surface area contributed by atoms with Crippen molar-refractivity contribution in [3.8, 4) is 0 Å². The first-order valence-electron chi connectivity index (χ1n) is 7.20. The smallest absolute Gasteiger partial charge is 0.223 e. The molecule has 0 aromatic rings. The largest absolute Gasteiger partial charge is 0.343 e. The summed E-state index contributed by atoms with van der Waals surface area (Å²) in [6, 6.07) is 0.583. The lowest BCUT2D eigenvalue weighted by Gasteiger charge is -2.20. The van der Waals surface area contributed by atoms with Gasteiger partial charge in [0, 0.05) is 32.1 Å². The number of rotatable bonds is 10. The van der Waals surface area contributed by atoms with E-state index in [9.17, 15) is 4.79 Å². The van der Waals surface area contributed by atoms with E-state index in [0.29, 0.717) is 12.5 Å². The van der Waals surface area contributed by atoms with E-state index in [1.54, 1.807) is 0 Å². The molecular weight excluding hydrogens is 212 g/mol. The number of nitrogens with zero attached hydrogens (tertiary/aromatic N) is 1. The molecule has 0 saturated carbocycles. The van der Waals surface area contributed by atoms with Gasteiger partial charge >= 0.3 is 0 Å². The summed E-state index contributed by atoms with van der Waals surface area (Å²) in [5.41, 5.74) is 0. The lowest BCUT2D eigenvalue weighted by molar-refractivity contribution is -0.130. The first kappa shape index (κ1) is 16.4. The van der Waals surface area contributed by atoms with Gasteiger partial charge in [-0.2, -0.15) is 0 Å². The average Bonchev–Trinajstić information content (AvgIpc) is 2.35. The molecule has 0 spiro atoms. The molecule has 0 aliphatic carbocycles. The van der Waals surface area contributed by atoms with Crippen molar-refractivity contribution in [2.24, 2.45) is 0 Å². The summed E-state index contributed by atoms with van der Waals surface area (Å²) in [5.74, 6) is 0.271. The van der Waals surface area contributed by atoms with Crippen molar-refractivity contribution in [1.29, 1.82) is 0 Å². The van der Waals surface area contributed by atoms with E-state index in [2.05, 4.69) is 19.2 Å². The molecule has 1 unspecified atom stereocenters. The Morgan fingerprint density at radius 2 is 1.82 bits per heavy atom. The highest BCUT2D eigenvalue weighted by molar-refractivity contribution is 5.76. The van der Waals surface area contributed by atoms with Gasteiger partial charge in [0.05, 0.1) is 0 Å². The highest BCUT2D eigenvalue weighted by Crippen LogP contribution is 2.04. The molecular formula is C14H30N2O. The molecule has 0 aromatic carbocycles. The Bertz CT molecular complexity index is 191. The number of carbonyl (C=O) groups excluding carboxylic acids is 1. The van der Waals surface area contributed by atoms with Gasteiger partial charge in [-0.05, 0) is 26.7 Å². The van der Waals surface area contributed by atoms with Gasteiger partial charge in [-0.25, -0.2) is 0 Å². The Morgan fingerprint density at radius 3 is 2.29 bits per heavy atom. The van der Waals surface area contributed by atoms with E-state index in [0.717, 1.165) is 26.1 Å². The molecule has 3 heteroatoms. The van der Waals surface area contributed by atoms with E-state index < -0.39 is 0 Å². The van der Waals surface area contributed by atoms with Crippen molar-refractivity contribution in [3.63, 3.8) is 0 Å². The van der Waals surface area contributed by atoms with Crippen LogP contribution in [0.1, 0.15) is 59.8 Å². The minimum atomic E-state index is 0.271. The molecule has 1 atom stereocenters. The second-order valence-corrected chi connectivity index (χ2v) is 4.52. The van der Waals surface area contributed by atoms with E-state index in [1.807, 2.05) is 18.7 Å². The van der Waals surface area contributed by atoms with E-state index in [4.69, 9.17) is 0 Å². The summed E-state index contributed by atoms with van der Waals surface area (Å²) in [4.78, 5) is 13.7. The maximum atomic E-state index is 11.8. The summed E-state index contributed by atoms with van der Waals surface area (Å²) in [6.45, 7) is 11.0. The lowest BCUT2D eigenvalue weighted by atomic mass is 10.1. The summed E-state index contributed by atoms with van der Waals surface area (Å²) >= 11 is 0. The van der Waals surface area contributed by atoms with Crippen LogP contribution in [0.3, 0.4) is 0 Å². The highest BCUT2D eigenvalue weighted by Gasteiger charge is 2.10. The van der Waals surface area contributed by atoms with Gasteiger partial charge in [-0.1, -0.05) is 26.7 Å². The van der Waals surface area contributed by atoms with Gasteiger partial charge in [0.2, 0.25) is 5.91 Å². The molecule has 102 valence electrons. The van der Waals surface area contributed by atoms with Gasteiger partial charge in [0.15, 0.2) is 0 Å². The van der Waals surface area contributed by atoms with Crippen molar-refractivity contribution < 1.29 is 4.79 Å². The molecule has 3 nitrogen and oxygen atoms in total. The van der Waals surface area contributed by atoms with Gasteiger partial charge < -0.3 is 10.2 Å². The number of hydrogen-bond donors (Lipinski definition) is 1. The fourth-order valence-electron chi connectivity index (χ4n) is 2.02. The van der Waals surface area contributed by atoms with Crippen LogP contribution in [0, 0.1) is 0 Å². The number of carbonyl (C=O) groups is 1. The normalized spacial score (nSPS) is 12.5. The van der Waals surface area contributed by atoms with Crippen LogP contribution in [0.15, 0.2) is 0 Å². The zero-order valence-electron chi connectivity index (χ0n) is 12.1. The third kappa shape index (κ3) is 7.37. The summed E-state index contributed by atoms with van der Waals surface area (Å²) < 4.78 is 0. The van der Waals surface area contributed by atoms with Crippen molar-refractivity contribution >= 4 is 5.91 Å². The Labute approximate surface area is 107 Å². The van der Waals surface area contributed by atoms with E-state index >= 15 is 0 Å². The highest BCUT2D eigenvalue weighted by atomic mass is 16.2. The maximum absolute atomic E-state index is 11.8. The molecule has 0 saturated heterocycles. The van der Waals surface area contributed by atoms with Gasteiger partial charge in [-0.3, -0.25) is 4.79 Å². The minimum Gasteiger partial charge on any atom is -0.343 e. The van der Waals surface area contributed by atoms with Crippen LogP contribution in [0.2, 0.25) is 0 Å². The number of amides is 1. The maximum Gasteiger partial charge on any atom is 0.223 e. The third-order valence-electron chi connectivity index (χ3n) is 3.29. The van der Waals surface area contributed by atoms with E-state index in [-0.39, 0.29) is 5.91 Å². The van der Waals surface area contributed by atoms with Crippen LogP contribution in [-0.2, 0) is 4.79 Å². The predicted octanol–water partition coefficient (Wildman–Crippen LogP) is 2.80. The predicted molar refractivity (Wildman–Crippen MR) is 74.2 cm³/mol. The van der Waals surface area contributed by atoms with Gasteiger partial charge in [0.25, 0.3) is 0 Å². The SMILES string of the molecule is CCCCC(CC)NCCC(=O)N(CC)CC. The quantitative estimate of drug-likeness (QED) is 0.639. The zero-order valence-corrected chi connectivity index (χ0v) is 12.1.